The van der Waals surface area contributed by atoms with Crippen molar-refractivity contribution < 1.29 is 0 Å². The first-order valence-electron chi connectivity index (χ1n) is 2.70. The Morgan fingerprint density at radius 1 is 1.89 bits per heavy atom. The predicted molar refractivity (Wildman–Crippen MR) is 39.3 cm³/mol. The van der Waals surface area contributed by atoms with Gasteiger partial charge in [-0.1, -0.05) is 0 Å². The van der Waals surface area contributed by atoms with Gasteiger partial charge in [0.05, 0.1) is 11.7 Å². The molecule has 9 heavy (non-hydrogen) atoms. The molecule has 1 atom stereocenters. The summed E-state index contributed by atoms with van der Waals surface area (Å²) in [6.45, 7) is 0. The molecule has 50 valence electrons. The Hall–Kier alpha value is -0.480. The number of nitrogens with zero attached hydrogens (tertiary/aromatic N) is 1. The molecule has 0 saturated heterocycles. The van der Waals surface area contributed by atoms with Gasteiger partial charge in [-0.3, -0.25) is 0 Å². The van der Waals surface area contributed by atoms with Crippen molar-refractivity contribution in [2.24, 2.45) is 5.73 Å². The standard InChI is InChI=1S/C5H9N3S/c6-5(9)1-4-2-7-3-8-4/h2-3,5,9H,1,6H2,(H,7,8). The number of thiol groups is 1. The van der Waals surface area contributed by atoms with E-state index in [2.05, 4.69) is 22.6 Å². The van der Waals surface area contributed by atoms with Gasteiger partial charge >= 0.3 is 0 Å². The van der Waals surface area contributed by atoms with Crippen molar-refractivity contribution in [2.45, 2.75) is 11.8 Å². The summed E-state index contributed by atoms with van der Waals surface area (Å²) in [5.74, 6) is 0. The molecule has 1 aromatic heterocycles. The van der Waals surface area contributed by atoms with Crippen LogP contribution in [0.1, 0.15) is 5.69 Å². The van der Waals surface area contributed by atoms with Gasteiger partial charge in [0, 0.05) is 18.3 Å². The zero-order chi connectivity index (χ0) is 6.69. The molecule has 0 radical (unpaired) electrons. The van der Waals surface area contributed by atoms with E-state index in [4.69, 9.17) is 5.73 Å². The second-order valence-corrected chi connectivity index (χ2v) is 2.51. The summed E-state index contributed by atoms with van der Waals surface area (Å²) in [6, 6.07) is 0. The maximum atomic E-state index is 5.40. The first-order valence-corrected chi connectivity index (χ1v) is 3.21. The van der Waals surface area contributed by atoms with E-state index >= 15 is 0 Å². The van der Waals surface area contributed by atoms with Crippen LogP contribution in [0.5, 0.6) is 0 Å². The lowest BCUT2D eigenvalue weighted by molar-refractivity contribution is 0.882. The van der Waals surface area contributed by atoms with Gasteiger partial charge in [-0.15, -0.1) is 0 Å². The van der Waals surface area contributed by atoms with Gasteiger partial charge in [0.15, 0.2) is 0 Å². The fraction of sp³-hybridized carbons (Fsp3) is 0.400. The summed E-state index contributed by atoms with van der Waals surface area (Å²) < 4.78 is 0. The van der Waals surface area contributed by atoms with Gasteiger partial charge in [0.2, 0.25) is 0 Å². The van der Waals surface area contributed by atoms with Gasteiger partial charge in [-0.2, -0.15) is 12.6 Å². The third kappa shape index (κ3) is 2.07. The fourth-order valence-corrected chi connectivity index (χ4v) is 0.818. The van der Waals surface area contributed by atoms with Gasteiger partial charge < -0.3 is 10.7 Å². The van der Waals surface area contributed by atoms with E-state index in [-0.39, 0.29) is 5.37 Å². The Morgan fingerprint density at radius 3 is 3.11 bits per heavy atom. The van der Waals surface area contributed by atoms with E-state index in [1.807, 2.05) is 0 Å². The van der Waals surface area contributed by atoms with Gasteiger partial charge in [-0.25, -0.2) is 4.98 Å². The highest BCUT2D eigenvalue weighted by molar-refractivity contribution is 7.80. The minimum absolute atomic E-state index is 0.0922. The molecule has 0 amide bonds. The van der Waals surface area contributed by atoms with Gasteiger partial charge in [-0.05, 0) is 0 Å². The van der Waals surface area contributed by atoms with Gasteiger partial charge in [0.25, 0.3) is 0 Å². The molecule has 0 aliphatic rings. The lowest BCUT2D eigenvalue weighted by Gasteiger charge is -1.98. The van der Waals surface area contributed by atoms with E-state index in [9.17, 15) is 0 Å². The summed E-state index contributed by atoms with van der Waals surface area (Å²) in [5, 5.41) is -0.0922. The zero-order valence-corrected chi connectivity index (χ0v) is 5.81. The summed E-state index contributed by atoms with van der Waals surface area (Å²) in [6.07, 6.45) is 4.12. The zero-order valence-electron chi connectivity index (χ0n) is 4.91. The largest absolute Gasteiger partial charge is 0.348 e. The normalized spacial score (nSPS) is 13.6. The number of rotatable bonds is 2. The summed E-state index contributed by atoms with van der Waals surface area (Å²) in [5.41, 5.74) is 6.43. The van der Waals surface area contributed by atoms with Crippen LogP contribution >= 0.6 is 12.6 Å². The molecule has 0 fully saturated rings. The maximum Gasteiger partial charge on any atom is 0.0921 e. The monoisotopic (exact) mass is 143 g/mol. The third-order valence-electron chi connectivity index (χ3n) is 0.984. The summed E-state index contributed by atoms with van der Waals surface area (Å²) in [7, 11) is 0. The van der Waals surface area contributed by atoms with Crippen molar-refractivity contribution in [3.05, 3.63) is 18.2 Å². The molecular weight excluding hydrogens is 134 g/mol. The number of imidazole rings is 1. The van der Waals surface area contributed by atoms with E-state index in [0.29, 0.717) is 0 Å². The third-order valence-corrected chi connectivity index (χ3v) is 1.17. The van der Waals surface area contributed by atoms with Crippen LogP contribution in [0.3, 0.4) is 0 Å². The van der Waals surface area contributed by atoms with Gasteiger partial charge in [0.1, 0.15) is 0 Å². The smallest absolute Gasteiger partial charge is 0.0921 e. The Labute approximate surface area is 59.1 Å². The van der Waals surface area contributed by atoms with Crippen molar-refractivity contribution in [3.63, 3.8) is 0 Å². The van der Waals surface area contributed by atoms with Crippen molar-refractivity contribution in [2.75, 3.05) is 0 Å². The summed E-state index contributed by atoms with van der Waals surface area (Å²) in [4.78, 5) is 6.76. The molecule has 0 aromatic carbocycles. The van der Waals surface area contributed by atoms with Crippen LogP contribution in [0.25, 0.3) is 0 Å². The number of H-pyrrole nitrogens is 1. The SMILES string of the molecule is NC(S)Cc1cnc[nH]1. The Morgan fingerprint density at radius 2 is 2.67 bits per heavy atom. The number of nitrogens with two attached hydrogens (primary N) is 1. The highest BCUT2D eigenvalue weighted by atomic mass is 32.1. The predicted octanol–water partition coefficient (Wildman–Crippen LogP) is 0.167. The molecule has 0 spiro atoms. The van der Waals surface area contributed by atoms with E-state index < -0.39 is 0 Å². The number of hydrogen-bond donors (Lipinski definition) is 3. The molecule has 0 aliphatic heterocycles. The number of hydrogen-bond acceptors (Lipinski definition) is 3. The molecule has 1 heterocycles. The Bertz CT molecular complexity index is 159. The first-order chi connectivity index (χ1) is 4.29. The van der Waals surface area contributed by atoms with Crippen molar-refractivity contribution in [3.8, 4) is 0 Å². The quantitative estimate of drug-likeness (QED) is 0.408. The number of aromatic amines is 1. The van der Waals surface area contributed by atoms with E-state index in [1.54, 1.807) is 12.5 Å². The molecule has 0 aliphatic carbocycles. The Kier molecular flexibility index (Phi) is 2.13. The van der Waals surface area contributed by atoms with Crippen molar-refractivity contribution in [1.29, 1.82) is 0 Å². The lowest BCUT2D eigenvalue weighted by atomic mass is 10.3. The minimum atomic E-state index is -0.0922. The van der Waals surface area contributed by atoms with Crippen LogP contribution in [0.2, 0.25) is 0 Å². The summed E-state index contributed by atoms with van der Waals surface area (Å²) >= 11 is 4.01. The topological polar surface area (TPSA) is 54.7 Å². The maximum absolute atomic E-state index is 5.40. The van der Waals surface area contributed by atoms with E-state index in [0.717, 1.165) is 12.1 Å². The van der Waals surface area contributed by atoms with Crippen LogP contribution in [-0.4, -0.2) is 15.3 Å². The second kappa shape index (κ2) is 2.89. The molecular formula is C5H9N3S. The molecule has 0 saturated carbocycles. The molecule has 1 rings (SSSR count). The molecule has 0 bridgehead atoms. The van der Waals surface area contributed by atoms with Crippen molar-refractivity contribution >= 4 is 12.6 Å². The van der Waals surface area contributed by atoms with Crippen LogP contribution in [0.15, 0.2) is 12.5 Å². The molecule has 4 heteroatoms. The second-order valence-electron chi connectivity index (χ2n) is 1.85. The average Bonchev–Trinajstić information content (AvgIpc) is 2.15. The molecule has 1 unspecified atom stereocenters. The minimum Gasteiger partial charge on any atom is -0.348 e. The fourth-order valence-electron chi connectivity index (χ4n) is 0.622. The Balaban J connectivity index is 2.48. The average molecular weight is 143 g/mol. The van der Waals surface area contributed by atoms with Crippen LogP contribution < -0.4 is 5.73 Å². The molecule has 3 N–H and O–H groups in total. The molecule has 1 aromatic rings. The highest BCUT2D eigenvalue weighted by Crippen LogP contribution is 1.97. The number of nitrogens with one attached hydrogen (secondary N) is 1. The van der Waals surface area contributed by atoms with Crippen LogP contribution in [0, 0.1) is 0 Å². The van der Waals surface area contributed by atoms with E-state index in [1.165, 1.54) is 0 Å². The van der Waals surface area contributed by atoms with Crippen LogP contribution in [-0.2, 0) is 6.42 Å². The first kappa shape index (κ1) is 6.64. The number of aromatic nitrogens is 2. The lowest BCUT2D eigenvalue weighted by Crippen LogP contribution is -2.14. The van der Waals surface area contributed by atoms with Crippen LogP contribution in [0.4, 0.5) is 0 Å². The van der Waals surface area contributed by atoms with Crippen molar-refractivity contribution in [1.82, 2.24) is 9.97 Å². The highest BCUT2D eigenvalue weighted by Gasteiger charge is 1.96. The molecule has 3 nitrogen and oxygen atoms in total.